The predicted octanol–water partition coefficient (Wildman–Crippen LogP) is 1.88. The largest absolute Gasteiger partial charge is 0.378 e. The summed E-state index contributed by atoms with van der Waals surface area (Å²) in [6, 6.07) is 8.09. The van der Waals surface area contributed by atoms with Crippen LogP contribution < -0.4 is 4.90 Å². The Labute approximate surface area is 189 Å². The predicted molar refractivity (Wildman–Crippen MR) is 122 cm³/mol. The second kappa shape index (κ2) is 9.65. The first kappa shape index (κ1) is 22.2. The van der Waals surface area contributed by atoms with Gasteiger partial charge in [-0.1, -0.05) is 12.1 Å². The molecule has 170 valence electrons. The van der Waals surface area contributed by atoms with Gasteiger partial charge in [0.15, 0.2) is 0 Å². The SMILES string of the molecule is Cc1nc([C@H]2CCN(C(=O)Cc3ccc(N(C)C)cc3)C2)ncc1C(=O)N1CCOCC1. The number of rotatable bonds is 5. The molecule has 3 heterocycles. The molecular formula is C24H31N5O3. The lowest BCUT2D eigenvalue weighted by molar-refractivity contribution is -0.129. The highest BCUT2D eigenvalue weighted by Crippen LogP contribution is 2.26. The number of aromatic nitrogens is 2. The fourth-order valence-electron chi connectivity index (χ4n) is 4.22. The zero-order chi connectivity index (χ0) is 22.7. The Bertz CT molecular complexity index is 970. The summed E-state index contributed by atoms with van der Waals surface area (Å²) in [5.41, 5.74) is 3.37. The van der Waals surface area contributed by atoms with Crippen LogP contribution in [0, 0.1) is 6.92 Å². The number of anilines is 1. The Hall–Kier alpha value is -3.00. The number of carbonyl (C=O) groups excluding carboxylic acids is 2. The van der Waals surface area contributed by atoms with Gasteiger partial charge in [0, 0.05) is 58.1 Å². The summed E-state index contributed by atoms with van der Waals surface area (Å²) in [5.74, 6) is 0.898. The molecule has 2 aromatic rings. The van der Waals surface area contributed by atoms with Gasteiger partial charge < -0.3 is 19.4 Å². The van der Waals surface area contributed by atoms with Crippen molar-refractivity contribution in [3.05, 3.63) is 53.1 Å². The van der Waals surface area contributed by atoms with E-state index in [1.807, 2.05) is 55.1 Å². The lowest BCUT2D eigenvalue weighted by atomic mass is 10.1. The van der Waals surface area contributed by atoms with E-state index in [9.17, 15) is 9.59 Å². The highest BCUT2D eigenvalue weighted by atomic mass is 16.5. The highest BCUT2D eigenvalue weighted by molar-refractivity contribution is 5.95. The lowest BCUT2D eigenvalue weighted by Gasteiger charge is -2.27. The minimum Gasteiger partial charge on any atom is -0.378 e. The Morgan fingerprint density at radius 3 is 2.47 bits per heavy atom. The van der Waals surface area contributed by atoms with Crippen LogP contribution in [0.4, 0.5) is 5.69 Å². The van der Waals surface area contributed by atoms with Crippen LogP contribution in [0.2, 0.25) is 0 Å². The first-order valence-corrected chi connectivity index (χ1v) is 11.2. The third kappa shape index (κ3) is 4.91. The van der Waals surface area contributed by atoms with Crippen molar-refractivity contribution in [3.63, 3.8) is 0 Å². The Kier molecular flexibility index (Phi) is 6.69. The Morgan fingerprint density at radius 2 is 1.81 bits per heavy atom. The van der Waals surface area contributed by atoms with Crippen molar-refractivity contribution in [2.45, 2.75) is 25.7 Å². The molecule has 2 aliphatic heterocycles. The molecule has 0 spiro atoms. The van der Waals surface area contributed by atoms with Crippen LogP contribution in [-0.4, -0.2) is 85.1 Å². The monoisotopic (exact) mass is 437 g/mol. The number of benzene rings is 1. The molecule has 0 unspecified atom stereocenters. The van der Waals surface area contributed by atoms with Gasteiger partial charge in [-0.25, -0.2) is 9.97 Å². The Balaban J connectivity index is 1.36. The fourth-order valence-corrected chi connectivity index (χ4v) is 4.22. The van der Waals surface area contributed by atoms with Gasteiger partial charge >= 0.3 is 0 Å². The van der Waals surface area contributed by atoms with E-state index in [0.717, 1.165) is 17.7 Å². The molecule has 32 heavy (non-hydrogen) atoms. The summed E-state index contributed by atoms with van der Waals surface area (Å²) in [4.78, 5) is 40.4. The number of hydrogen-bond donors (Lipinski definition) is 0. The van der Waals surface area contributed by atoms with Crippen LogP contribution in [-0.2, 0) is 16.0 Å². The van der Waals surface area contributed by atoms with Crippen LogP contribution in [0.15, 0.2) is 30.5 Å². The van der Waals surface area contributed by atoms with Crippen LogP contribution in [0.25, 0.3) is 0 Å². The van der Waals surface area contributed by atoms with Gasteiger partial charge in [0.2, 0.25) is 5.91 Å². The number of amides is 2. The quantitative estimate of drug-likeness (QED) is 0.711. The summed E-state index contributed by atoms with van der Waals surface area (Å²) in [5, 5.41) is 0. The van der Waals surface area contributed by atoms with Crippen molar-refractivity contribution in [2.24, 2.45) is 0 Å². The molecule has 2 amide bonds. The summed E-state index contributed by atoms with van der Waals surface area (Å²) in [7, 11) is 4.00. The molecule has 1 aromatic heterocycles. The summed E-state index contributed by atoms with van der Waals surface area (Å²) >= 11 is 0. The highest BCUT2D eigenvalue weighted by Gasteiger charge is 2.30. The van der Waals surface area contributed by atoms with E-state index in [-0.39, 0.29) is 17.7 Å². The number of aryl methyl sites for hydroxylation is 1. The smallest absolute Gasteiger partial charge is 0.257 e. The summed E-state index contributed by atoms with van der Waals surface area (Å²) in [6.07, 6.45) is 2.88. The van der Waals surface area contributed by atoms with Crippen LogP contribution in [0.5, 0.6) is 0 Å². The van der Waals surface area contributed by atoms with Crippen molar-refractivity contribution < 1.29 is 14.3 Å². The van der Waals surface area contributed by atoms with Crippen LogP contribution in [0.1, 0.15) is 39.8 Å². The summed E-state index contributed by atoms with van der Waals surface area (Å²) in [6.45, 7) is 5.50. The second-order valence-electron chi connectivity index (χ2n) is 8.69. The number of ether oxygens (including phenoxy) is 1. The number of morpholine rings is 1. The molecule has 0 radical (unpaired) electrons. The average Bonchev–Trinajstić information content (AvgIpc) is 3.30. The minimum atomic E-state index is -0.0409. The molecule has 2 saturated heterocycles. The van der Waals surface area contributed by atoms with Gasteiger partial charge in [0.25, 0.3) is 5.91 Å². The Morgan fingerprint density at radius 1 is 1.09 bits per heavy atom. The first-order valence-electron chi connectivity index (χ1n) is 11.2. The molecule has 2 fully saturated rings. The van der Waals surface area contributed by atoms with Crippen molar-refractivity contribution in [1.29, 1.82) is 0 Å². The van der Waals surface area contributed by atoms with E-state index in [0.29, 0.717) is 62.9 Å². The lowest BCUT2D eigenvalue weighted by Crippen LogP contribution is -2.41. The number of nitrogens with zero attached hydrogens (tertiary/aromatic N) is 5. The molecular weight excluding hydrogens is 406 g/mol. The fraction of sp³-hybridized carbons (Fsp3) is 0.500. The number of carbonyl (C=O) groups is 2. The summed E-state index contributed by atoms with van der Waals surface area (Å²) < 4.78 is 5.32. The molecule has 4 rings (SSSR count). The third-order valence-electron chi connectivity index (χ3n) is 6.24. The van der Waals surface area contributed by atoms with Crippen LogP contribution in [0.3, 0.4) is 0 Å². The van der Waals surface area contributed by atoms with Gasteiger partial charge in [0.05, 0.1) is 30.9 Å². The molecule has 0 N–H and O–H groups in total. The maximum Gasteiger partial charge on any atom is 0.257 e. The van der Waals surface area contributed by atoms with Gasteiger partial charge in [-0.3, -0.25) is 9.59 Å². The van der Waals surface area contributed by atoms with Crippen molar-refractivity contribution in [1.82, 2.24) is 19.8 Å². The van der Waals surface area contributed by atoms with Gasteiger partial charge in [0.1, 0.15) is 5.82 Å². The van der Waals surface area contributed by atoms with E-state index >= 15 is 0 Å². The van der Waals surface area contributed by atoms with Crippen molar-refractivity contribution in [3.8, 4) is 0 Å². The number of likely N-dealkylation sites (tertiary alicyclic amines) is 1. The van der Waals surface area contributed by atoms with Gasteiger partial charge in [-0.2, -0.15) is 0 Å². The number of hydrogen-bond acceptors (Lipinski definition) is 6. The van der Waals surface area contributed by atoms with E-state index in [1.165, 1.54) is 0 Å². The molecule has 1 atom stereocenters. The van der Waals surface area contributed by atoms with Crippen molar-refractivity contribution >= 4 is 17.5 Å². The molecule has 2 aliphatic rings. The normalized spacial score (nSPS) is 18.7. The van der Waals surface area contributed by atoms with Crippen molar-refractivity contribution in [2.75, 3.05) is 58.4 Å². The topological polar surface area (TPSA) is 78.9 Å². The minimum absolute atomic E-state index is 0.0409. The molecule has 1 aromatic carbocycles. The first-order chi connectivity index (χ1) is 15.4. The van der Waals surface area contributed by atoms with E-state index in [2.05, 4.69) is 9.97 Å². The third-order valence-corrected chi connectivity index (χ3v) is 6.24. The second-order valence-corrected chi connectivity index (χ2v) is 8.69. The zero-order valence-corrected chi connectivity index (χ0v) is 19.1. The molecule has 8 nitrogen and oxygen atoms in total. The van der Waals surface area contributed by atoms with E-state index in [4.69, 9.17) is 4.74 Å². The maximum absolute atomic E-state index is 12.8. The molecule has 0 aliphatic carbocycles. The van der Waals surface area contributed by atoms with E-state index < -0.39 is 0 Å². The van der Waals surface area contributed by atoms with Crippen LogP contribution >= 0.6 is 0 Å². The van der Waals surface area contributed by atoms with E-state index in [1.54, 1.807) is 11.1 Å². The van der Waals surface area contributed by atoms with Gasteiger partial charge in [-0.15, -0.1) is 0 Å². The molecule has 0 bridgehead atoms. The van der Waals surface area contributed by atoms with Gasteiger partial charge in [-0.05, 0) is 31.0 Å². The standard InChI is InChI=1S/C24H31N5O3/c1-17-21(24(31)28-10-12-32-13-11-28)15-25-23(26-17)19-8-9-29(16-19)22(30)14-18-4-6-20(7-5-18)27(2)3/h4-7,15,19H,8-14,16H2,1-3H3/t19-/m0/s1. The molecule has 0 saturated carbocycles. The maximum atomic E-state index is 12.8. The zero-order valence-electron chi connectivity index (χ0n) is 19.1. The molecule has 8 heteroatoms. The average molecular weight is 438 g/mol.